The molecular formula is C11H23N3O4S. The zero-order valence-corrected chi connectivity index (χ0v) is 12.1. The third-order valence-electron chi connectivity index (χ3n) is 2.79. The molecule has 0 aromatic rings. The second-order valence-corrected chi connectivity index (χ2v) is 6.35. The Morgan fingerprint density at radius 3 is 2.68 bits per heavy atom. The summed E-state index contributed by atoms with van der Waals surface area (Å²) in [4.78, 5) is 11.5. The average Bonchev–Trinajstić information content (AvgIpc) is 2.37. The van der Waals surface area contributed by atoms with Gasteiger partial charge in [0.05, 0.1) is 11.9 Å². The van der Waals surface area contributed by atoms with Crippen molar-refractivity contribution in [1.82, 2.24) is 15.4 Å². The molecule has 0 aromatic carbocycles. The lowest BCUT2D eigenvalue weighted by molar-refractivity contribution is -0.128. The van der Waals surface area contributed by atoms with Crippen LogP contribution in [0.1, 0.15) is 19.8 Å². The highest BCUT2D eigenvalue weighted by molar-refractivity contribution is 7.89. The molecule has 1 heterocycles. The molecule has 112 valence electrons. The quantitative estimate of drug-likeness (QED) is 0.523. The van der Waals surface area contributed by atoms with E-state index in [1.54, 1.807) is 6.92 Å². The van der Waals surface area contributed by atoms with Crippen molar-refractivity contribution in [3.05, 3.63) is 0 Å². The van der Waals surface area contributed by atoms with Crippen molar-refractivity contribution < 1.29 is 17.9 Å². The summed E-state index contributed by atoms with van der Waals surface area (Å²) in [5, 5.41) is 5.75. The van der Waals surface area contributed by atoms with Crippen molar-refractivity contribution in [2.75, 3.05) is 38.5 Å². The number of ether oxygens (including phenoxy) is 1. The first-order valence-corrected chi connectivity index (χ1v) is 8.25. The van der Waals surface area contributed by atoms with Gasteiger partial charge in [-0.05, 0) is 25.9 Å². The van der Waals surface area contributed by atoms with Gasteiger partial charge in [0.2, 0.25) is 15.9 Å². The molecule has 0 spiro atoms. The van der Waals surface area contributed by atoms with E-state index in [0.29, 0.717) is 6.54 Å². The average molecular weight is 293 g/mol. The Hall–Kier alpha value is -0.700. The minimum atomic E-state index is -3.28. The summed E-state index contributed by atoms with van der Waals surface area (Å²) in [6.07, 6.45) is 1.93. The summed E-state index contributed by atoms with van der Waals surface area (Å²) in [5.41, 5.74) is 0. The van der Waals surface area contributed by atoms with Crippen molar-refractivity contribution in [3.8, 4) is 0 Å². The minimum Gasteiger partial charge on any atom is -0.368 e. The molecule has 0 atom stereocenters. The summed E-state index contributed by atoms with van der Waals surface area (Å²) in [6.45, 7) is 3.98. The van der Waals surface area contributed by atoms with Crippen LogP contribution in [0.2, 0.25) is 0 Å². The molecule has 0 radical (unpaired) electrons. The standard InChI is InChI=1S/C11H23N3O4S/c1-2-14-19(16,17)8-7-13-11(15)9-18-10-3-5-12-6-4-10/h10,12,14H,2-9H2,1H3,(H,13,15). The molecule has 0 bridgehead atoms. The molecule has 0 aliphatic carbocycles. The molecule has 1 rings (SSSR count). The smallest absolute Gasteiger partial charge is 0.246 e. The van der Waals surface area contributed by atoms with Crippen LogP contribution in [0.25, 0.3) is 0 Å². The van der Waals surface area contributed by atoms with E-state index in [9.17, 15) is 13.2 Å². The van der Waals surface area contributed by atoms with Gasteiger partial charge in [0.15, 0.2) is 0 Å². The monoisotopic (exact) mass is 293 g/mol. The highest BCUT2D eigenvalue weighted by Crippen LogP contribution is 2.06. The number of nitrogens with one attached hydrogen (secondary N) is 3. The second kappa shape index (κ2) is 8.47. The van der Waals surface area contributed by atoms with E-state index in [-0.39, 0.29) is 30.9 Å². The molecule has 1 saturated heterocycles. The number of piperidine rings is 1. The van der Waals surface area contributed by atoms with Crippen molar-refractivity contribution in [3.63, 3.8) is 0 Å². The first-order valence-electron chi connectivity index (χ1n) is 6.60. The molecule has 19 heavy (non-hydrogen) atoms. The zero-order valence-electron chi connectivity index (χ0n) is 11.3. The molecule has 3 N–H and O–H groups in total. The number of sulfonamides is 1. The molecule has 1 fully saturated rings. The fourth-order valence-electron chi connectivity index (χ4n) is 1.82. The van der Waals surface area contributed by atoms with E-state index in [4.69, 9.17) is 4.74 Å². The van der Waals surface area contributed by atoms with Gasteiger partial charge in [-0.25, -0.2) is 13.1 Å². The lowest BCUT2D eigenvalue weighted by atomic mass is 10.1. The zero-order chi connectivity index (χ0) is 14.1. The third-order valence-corrected chi connectivity index (χ3v) is 4.26. The highest BCUT2D eigenvalue weighted by atomic mass is 32.2. The molecule has 1 amide bonds. The van der Waals surface area contributed by atoms with E-state index in [0.717, 1.165) is 25.9 Å². The fourth-order valence-corrected chi connectivity index (χ4v) is 2.78. The second-order valence-electron chi connectivity index (χ2n) is 4.43. The van der Waals surface area contributed by atoms with E-state index in [1.165, 1.54) is 0 Å². The first-order chi connectivity index (χ1) is 9.03. The number of hydrogen-bond donors (Lipinski definition) is 3. The first kappa shape index (κ1) is 16.4. The van der Waals surface area contributed by atoms with Crippen molar-refractivity contribution >= 4 is 15.9 Å². The Morgan fingerprint density at radius 1 is 1.37 bits per heavy atom. The minimum absolute atomic E-state index is 0.00802. The lowest BCUT2D eigenvalue weighted by Gasteiger charge is -2.22. The number of amides is 1. The lowest BCUT2D eigenvalue weighted by Crippen LogP contribution is -2.38. The van der Waals surface area contributed by atoms with E-state index >= 15 is 0 Å². The van der Waals surface area contributed by atoms with Crippen molar-refractivity contribution in [1.29, 1.82) is 0 Å². The van der Waals surface area contributed by atoms with Gasteiger partial charge in [-0.15, -0.1) is 0 Å². The van der Waals surface area contributed by atoms with Crippen LogP contribution in [0.3, 0.4) is 0 Å². The topological polar surface area (TPSA) is 96.5 Å². The van der Waals surface area contributed by atoms with Crippen LogP contribution >= 0.6 is 0 Å². The predicted octanol–water partition coefficient (Wildman–Crippen LogP) is -1.19. The molecule has 7 nitrogen and oxygen atoms in total. The Balaban J connectivity index is 2.10. The predicted molar refractivity (Wildman–Crippen MR) is 72.3 cm³/mol. The van der Waals surface area contributed by atoms with Gasteiger partial charge >= 0.3 is 0 Å². The summed E-state index contributed by atoms with van der Waals surface area (Å²) in [6, 6.07) is 0. The molecule has 0 aromatic heterocycles. The van der Waals surface area contributed by atoms with E-state index in [1.807, 2.05) is 0 Å². The van der Waals surface area contributed by atoms with Gasteiger partial charge in [0.1, 0.15) is 6.61 Å². The molecule has 1 aliphatic heterocycles. The van der Waals surface area contributed by atoms with Crippen molar-refractivity contribution in [2.24, 2.45) is 0 Å². The summed E-state index contributed by atoms with van der Waals surface area (Å²) >= 11 is 0. The normalized spacial score (nSPS) is 17.3. The number of carbonyl (C=O) groups is 1. The van der Waals surface area contributed by atoms with Gasteiger partial charge in [-0.1, -0.05) is 6.92 Å². The van der Waals surface area contributed by atoms with Gasteiger partial charge < -0.3 is 15.4 Å². The molecule has 0 saturated carbocycles. The van der Waals surface area contributed by atoms with Crippen LogP contribution in [-0.4, -0.2) is 59.0 Å². The maximum Gasteiger partial charge on any atom is 0.246 e. The largest absolute Gasteiger partial charge is 0.368 e. The fraction of sp³-hybridized carbons (Fsp3) is 0.909. The van der Waals surface area contributed by atoms with Gasteiger partial charge in [-0.2, -0.15) is 0 Å². The maximum absolute atomic E-state index is 11.5. The van der Waals surface area contributed by atoms with Crippen LogP contribution in [0, 0.1) is 0 Å². The SMILES string of the molecule is CCNS(=O)(=O)CCNC(=O)COC1CCNCC1. The van der Waals surface area contributed by atoms with Crippen molar-refractivity contribution in [2.45, 2.75) is 25.9 Å². The van der Waals surface area contributed by atoms with Gasteiger partial charge in [0, 0.05) is 13.1 Å². The molecule has 0 unspecified atom stereocenters. The van der Waals surface area contributed by atoms with Crippen LogP contribution in [-0.2, 0) is 19.6 Å². The van der Waals surface area contributed by atoms with Crippen LogP contribution < -0.4 is 15.4 Å². The summed E-state index contributed by atoms with van der Waals surface area (Å²) in [7, 11) is -3.28. The molecule has 8 heteroatoms. The van der Waals surface area contributed by atoms with Gasteiger partial charge in [-0.3, -0.25) is 4.79 Å². The van der Waals surface area contributed by atoms with Crippen LogP contribution in [0.4, 0.5) is 0 Å². The summed E-state index contributed by atoms with van der Waals surface area (Å²) in [5.74, 6) is -0.384. The number of rotatable bonds is 8. The Bertz CT molecular complexity index is 366. The highest BCUT2D eigenvalue weighted by Gasteiger charge is 2.15. The van der Waals surface area contributed by atoms with Crippen LogP contribution in [0.15, 0.2) is 0 Å². The van der Waals surface area contributed by atoms with Gasteiger partial charge in [0.25, 0.3) is 0 Å². The number of hydrogen-bond acceptors (Lipinski definition) is 5. The van der Waals surface area contributed by atoms with E-state index in [2.05, 4.69) is 15.4 Å². The van der Waals surface area contributed by atoms with Crippen LogP contribution in [0.5, 0.6) is 0 Å². The Kier molecular flexibility index (Phi) is 7.29. The molecule has 1 aliphatic rings. The number of carbonyl (C=O) groups excluding carboxylic acids is 1. The molecular weight excluding hydrogens is 270 g/mol. The third kappa shape index (κ3) is 7.46. The maximum atomic E-state index is 11.5. The summed E-state index contributed by atoms with van der Waals surface area (Å²) < 4.78 is 30.5. The van der Waals surface area contributed by atoms with E-state index < -0.39 is 10.0 Å². The Labute approximate surface area is 114 Å². The Morgan fingerprint density at radius 2 is 2.05 bits per heavy atom.